The number of nitrogens with zero attached hydrogens (tertiary/aromatic N) is 5. The van der Waals surface area contributed by atoms with Crippen molar-refractivity contribution >= 4 is 11.8 Å². The van der Waals surface area contributed by atoms with E-state index >= 15 is 0 Å². The first-order chi connectivity index (χ1) is 15.2. The van der Waals surface area contributed by atoms with Gasteiger partial charge in [-0.1, -0.05) is 6.07 Å². The van der Waals surface area contributed by atoms with Gasteiger partial charge in [0.15, 0.2) is 0 Å². The molecule has 7 nitrogen and oxygen atoms in total. The zero-order chi connectivity index (χ0) is 23.0. The lowest BCUT2D eigenvalue weighted by Gasteiger charge is -2.35. The zero-order valence-corrected chi connectivity index (χ0v) is 20.0. The Kier molecular flexibility index (Phi) is 6.12. The molecular weight excluding hydrogens is 402 g/mol. The molecule has 1 aromatic heterocycles. The molecule has 2 atom stereocenters. The monoisotopic (exact) mass is 437 g/mol. The quantitative estimate of drug-likeness (QED) is 0.737. The van der Waals surface area contributed by atoms with Crippen LogP contribution in [-0.4, -0.2) is 76.6 Å². The average Bonchev–Trinajstić information content (AvgIpc) is 3.26. The minimum Gasteiger partial charge on any atom is -0.348 e. The molecule has 0 unspecified atom stereocenters. The van der Waals surface area contributed by atoms with Crippen molar-refractivity contribution in [3.05, 3.63) is 52.8 Å². The van der Waals surface area contributed by atoms with Crippen molar-refractivity contribution < 1.29 is 9.59 Å². The number of hydrogen-bond acceptors (Lipinski definition) is 4. The number of aryl methyl sites for hydroxylation is 3. The van der Waals surface area contributed by atoms with Crippen molar-refractivity contribution in [2.24, 2.45) is 18.4 Å². The van der Waals surface area contributed by atoms with Gasteiger partial charge in [-0.2, -0.15) is 5.10 Å². The Bertz CT molecular complexity index is 1010. The van der Waals surface area contributed by atoms with E-state index in [9.17, 15) is 9.59 Å². The van der Waals surface area contributed by atoms with Crippen molar-refractivity contribution in [2.45, 2.75) is 33.2 Å². The number of aromatic nitrogens is 2. The van der Waals surface area contributed by atoms with Gasteiger partial charge in [0.25, 0.3) is 5.91 Å². The summed E-state index contributed by atoms with van der Waals surface area (Å²) in [7, 11) is 5.62. The third-order valence-corrected chi connectivity index (χ3v) is 7.30. The van der Waals surface area contributed by atoms with Crippen LogP contribution in [0.1, 0.15) is 39.9 Å². The summed E-state index contributed by atoms with van der Waals surface area (Å²) in [5, 5.41) is 4.29. The molecular formula is C25H35N5O2. The standard InChI is InChI=1S/C25H35N5O2/c1-18-7-8-21(11-19(18)2)23(31)30-10-6-9-25(24(32)27(3)4)17-29(15-22(25)16-30)14-20-12-26-28(5)13-20/h7-8,11-13,22H,6,9-10,14-17H2,1-5H3/t22-,25+/m1/s1. The van der Waals surface area contributed by atoms with E-state index < -0.39 is 5.41 Å². The van der Waals surface area contributed by atoms with Crippen LogP contribution in [0.2, 0.25) is 0 Å². The van der Waals surface area contributed by atoms with E-state index in [1.54, 1.807) is 4.90 Å². The zero-order valence-electron chi connectivity index (χ0n) is 20.0. The Balaban J connectivity index is 1.58. The van der Waals surface area contributed by atoms with Crippen molar-refractivity contribution in [1.82, 2.24) is 24.5 Å². The number of hydrogen-bond donors (Lipinski definition) is 0. The molecule has 7 heteroatoms. The summed E-state index contributed by atoms with van der Waals surface area (Å²) >= 11 is 0. The SMILES string of the molecule is Cc1ccc(C(=O)N2CCC[C@]3(C(=O)N(C)C)CN(Cc4cnn(C)c4)C[C@@H]3C2)cc1C. The highest BCUT2D eigenvalue weighted by Gasteiger charge is 2.53. The fraction of sp³-hybridized carbons (Fsp3) is 0.560. The number of rotatable bonds is 4. The first kappa shape index (κ1) is 22.5. The van der Waals surface area contributed by atoms with Crippen LogP contribution in [0, 0.1) is 25.2 Å². The summed E-state index contributed by atoms with van der Waals surface area (Å²) in [6, 6.07) is 5.94. The molecule has 2 saturated heterocycles. The molecule has 0 radical (unpaired) electrons. The molecule has 1 aromatic carbocycles. The topological polar surface area (TPSA) is 61.7 Å². The first-order valence-electron chi connectivity index (χ1n) is 11.5. The molecule has 0 bridgehead atoms. The molecule has 2 amide bonds. The van der Waals surface area contributed by atoms with Gasteiger partial charge in [0.2, 0.25) is 5.91 Å². The van der Waals surface area contributed by atoms with Gasteiger partial charge < -0.3 is 9.80 Å². The smallest absolute Gasteiger partial charge is 0.253 e. The van der Waals surface area contributed by atoms with Crippen LogP contribution in [0.5, 0.6) is 0 Å². The van der Waals surface area contributed by atoms with E-state index in [1.165, 1.54) is 5.56 Å². The highest BCUT2D eigenvalue weighted by molar-refractivity contribution is 5.94. The van der Waals surface area contributed by atoms with Crippen LogP contribution < -0.4 is 0 Å². The largest absolute Gasteiger partial charge is 0.348 e. The van der Waals surface area contributed by atoms with Gasteiger partial charge in [-0.15, -0.1) is 0 Å². The number of likely N-dealkylation sites (tertiary alicyclic amines) is 2. The number of amides is 2. The summed E-state index contributed by atoms with van der Waals surface area (Å²) in [6.07, 6.45) is 5.58. The summed E-state index contributed by atoms with van der Waals surface area (Å²) in [5.41, 5.74) is 3.77. The third kappa shape index (κ3) is 4.18. The van der Waals surface area contributed by atoms with Crippen LogP contribution in [0.3, 0.4) is 0 Å². The van der Waals surface area contributed by atoms with E-state index in [0.717, 1.165) is 49.2 Å². The van der Waals surface area contributed by atoms with Crippen LogP contribution in [0.15, 0.2) is 30.6 Å². The van der Waals surface area contributed by atoms with Crippen molar-refractivity contribution in [1.29, 1.82) is 0 Å². The molecule has 2 aromatic rings. The second kappa shape index (κ2) is 8.70. The first-order valence-corrected chi connectivity index (χ1v) is 11.5. The van der Waals surface area contributed by atoms with Crippen LogP contribution in [0.25, 0.3) is 0 Å². The van der Waals surface area contributed by atoms with E-state index in [4.69, 9.17) is 0 Å². The Hall–Kier alpha value is -2.67. The summed E-state index contributed by atoms with van der Waals surface area (Å²) in [4.78, 5) is 32.9. The van der Waals surface area contributed by atoms with Crippen LogP contribution in [-0.2, 0) is 18.4 Å². The second-order valence-electron chi connectivity index (χ2n) is 9.90. The van der Waals surface area contributed by atoms with Crippen LogP contribution in [0.4, 0.5) is 0 Å². The van der Waals surface area contributed by atoms with E-state index in [-0.39, 0.29) is 17.7 Å². The minimum absolute atomic E-state index is 0.0758. The van der Waals surface area contributed by atoms with Gasteiger partial charge in [-0.25, -0.2) is 0 Å². The highest BCUT2D eigenvalue weighted by Crippen LogP contribution is 2.44. The molecule has 172 valence electrons. The van der Waals surface area contributed by atoms with E-state index in [1.807, 2.05) is 68.2 Å². The number of benzene rings is 1. The second-order valence-corrected chi connectivity index (χ2v) is 9.90. The average molecular weight is 438 g/mol. The van der Waals surface area contributed by atoms with E-state index in [0.29, 0.717) is 13.1 Å². The predicted molar refractivity (Wildman–Crippen MR) is 124 cm³/mol. The summed E-state index contributed by atoms with van der Waals surface area (Å²) in [6.45, 7) is 7.75. The predicted octanol–water partition coefficient (Wildman–Crippen LogP) is 2.48. The molecule has 0 N–H and O–H groups in total. The van der Waals surface area contributed by atoms with Gasteiger partial charge in [0.1, 0.15) is 0 Å². The fourth-order valence-electron chi connectivity index (χ4n) is 5.51. The Morgan fingerprint density at radius 1 is 1.19 bits per heavy atom. The Morgan fingerprint density at radius 3 is 2.62 bits per heavy atom. The maximum atomic E-state index is 13.5. The molecule has 3 heterocycles. The van der Waals surface area contributed by atoms with Crippen LogP contribution >= 0.6 is 0 Å². The van der Waals surface area contributed by atoms with Gasteiger partial charge in [-0.05, 0) is 49.9 Å². The van der Waals surface area contributed by atoms with Crippen molar-refractivity contribution in [3.8, 4) is 0 Å². The number of carbonyl (C=O) groups is 2. The van der Waals surface area contributed by atoms with Crippen molar-refractivity contribution in [3.63, 3.8) is 0 Å². The Labute approximate surface area is 191 Å². The summed E-state index contributed by atoms with van der Waals surface area (Å²) in [5.74, 6) is 0.385. The fourth-order valence-corrected chi connectivity index (χ4v) is 5.51. The lowest BCUT2D eigenvalue weighted by atomic mass is 9.74. The normalized spacial score (nSPS) is 23.7. The molecule has 2 fully saturated rings. The van der Waals surface area contributed by atoms with Gasteiger partial charge in [0, 0.05) is 77.1 Å². The molecule has 4 rings (SSSR count). The molecule has 2 aliphatic rings. The van der Waals surface area contributed by atoms with Crippen molar-refractivity contribution in [2.75, 3.05) is 40.3 Å². The highest BCUT2D eigenvalue weighted by atomic mass is 16.2. The molecule has 2 aliphatic heterocycles. The number of fused-ring (bicyclic) bond motifs is 1. The lowest BCUT2D eigenvalue weighted by Crippen LogP contribution is -2.47. The molecule has 0 spiro atoms. The number of carbonyl (C=O) groups excluding carboxylic acids is 2. The van der Waals surface area contributed by atoms with E-state index in [2.05, 4.69) is 16.9 Å². The van der Waals surface area contributed by atoms with Gasteiger partial charge in [0.05, 0.1) is 11.6 Å². The maximum absolute atomic E-state index is 13.5. The lowest BCUT2D eigenvalue weighted by molar-refractivity contribution is -0.141. The molecule has 0 aliphatic carbocycles. The maximum Gasteiger partial charge on any atom is 0.253 e. The molecule has 0 saturated carbocycles. The Morgan fingerprint density at radius 2 is 1.97 bits per heavy atom. The van der Waals surface area contributed by atoms with Gasteiger partial charge >= 0.3 is 0 Å². The third-order valence-electron chi connectivity index (χ3n) is 7.30. The van der Waals surface area contributed by atoms with Gasteiger partial charge in [-0.3, -0.25) is 19.2 Å². The molecule has 32 heavy (non-hydrogen) atoms. The summed E-state index contributed by atoms with van der Waals surface area (Å²) < 4.78 is 1.81. The minimum atomic E-state index is -0.441.